The van der Waals surface area contributed by atoms with Crippen molar-refractivity contribution in [1.29, 1.82) is 0 Å². The van der Waals surface area contributed by atoms with Gasteiger partial charge in [0.2, 0.25) is 0 Å². The van der Waals surface area contributed by atoms with Crippen LogP contribution < -0.4 is 10.6 Å². The average Bonchev–Trinajstić information content (AvgIpc) is 2.52. The maximum absolute atomic E-state index is 13.6. The number of hydrogen-bond donors (Lipinski definition) is 2. The van der Waals surface area contributed by atoms with Gasteiger partial charge in [-0.15, -0.1) is 0 Å². The minimum atomic E-state index is -1.23. The molecule has 0 spiro atoms. The summed E-state index contributed by atoms with van der Waals surface area (Å²) in [7, 11) is 0. The molecule has 0 saturated heterocycles. The lowest BCUT2D eigenvalue weighted by atomic mass is 9.99. The van der Waals surface area contributed by atoms with Crippen molar-refractivity contribution < 1.29 is 28.3 Å². The Balaban J connectivity index is 2.56. The molecule has 0 unspecified atom stereocenters. The summed E-state index contributed by atoms with van der Waals surface area (Å²) in [5, 5.41) is 4.61. The van der Waals surface area contributed by atoms with Crippen LogP contribution in [0.25, 0.3) is 0 Å². The molecule has 0 aliphatic carbocycles. The summed E-state index contributed by atoms with van der Waals surface area (Å²) >= 11 is 0. The van der Waals surface area contributed by atoms with E-state index in [9.17, 15) is 23.6 Å². The Bertz CT molecular complexity index is 727. The van der Waals surface area contributed by atoms with Crippen LogP contribution in [0.1, 0.15) is 51.4 Å². The van der Waals surface area contributed by atoms with E-state index in [0.29, 0.717) is 0 Å². The molecule has 27 heavy (non-hydrogen) atoms. The Hall–Kier alpha value is -2.77. The predicted octanol–water partition coefficient (Wildman–Crippen LogP) is 2.59. The Labute approximate surface area is 157 Å². The van der Waals surface area contributed by atoms with Gasteiger partial charge in [0.1, 0.15) is 5.82 Å². The number of hydrogen-bond acceptors (Lipinski definition) is 5. The summed E-state index contributed by atoms with van der Waals surface area (Å²) in [5.74, 6) is -3.67. The summed E-state index contributed by atoms with van der Waals surface area (Å²) in [6.07, 6.45) is -1.49. The summed E-state index contributed by atoms with van der Waals surface area (Å²) in [6.45, 7) is 7.99. The number of imide groups is 1. The minimum absolute atomic E-state index is 0.109. The molecule has 0 aromatic heterocycles. The Morgan fingerprint density at radius 2 is 1.70 bits per heavy atom. The highest BCUT2D eigenvalue weighted by molar-refractivity contribution is 5.99. The third kappa shape index (κ3) is 7.55. The smallest absolute Gasteiger partial charge is 0.321 e. The number of halogens is 1. The van der Waals surface area contributed by atoms with Gasteiger partial charge in [-0.05, 0) is 39.8 Å². The van der Waals surface area contributed by atoms with Gasteiger partial charge in [-0.2, -0.15) is 0 Å². The fraction of sp³-hybridized carbons (Fsp3) is 0.474. The van der Waals surface area contributed by atoms with E-state index in [1.807, 2.05) is 0 Å². The number of carbonyl (C=O) groups excluding carboxylic acids is 4. The number of esters is 1. The number of rotatable bonds is 6. The molecule has 0 saturated carbocycles. The van der Waals surface area contributed by atoms with Crippen LogP contribution in [-0.4, -0.2) is 35.3 Å². The maximum Gasteiger partial charge on any atom is 0.321 e. The second-order valence-electron chi connectivity index (χ2n) is 7.28. The van der Waals surface area contributed by atoms with Crippen molar-refractivity contribution in [2.45, 2.75) is 52.7 Å². The number of ether oxygens (including phenoxy) is 1. The zero-order valence-electron chi connectivity index (χ0n) is 16.1. The topological polar surface area (TPSA) is 102 Å². The van der Waals surface area contributed by atoms with Gasteiger partial charge in [0.05, 0.1) is 11.5 Å². The van der Waals surface area contributed by atoms with E-state index in [1.165, 1.54) is 32.0 Å². The predicted molar refractivity (Wildman–Crippen MR) is 96.5 cm³/mol. The van der Waals surface area contributed by atoms with Crippen molar-refractivity contribution >= 4 is 23.7 Å². The molecule has 3 amide bonds. The largest absolute Gasteiger partial charge is 0.452 e. The molecule has 1 aromatic carbocycles. The number of Topliss-reactive ketones (excluding diaryl/α,β-unsaturated/α-hetero) is 1. The lowest BCUT2D eigenvalue weighted by molar-refractivity contribution is -0.157. The average molecular weight is 380 g/mol. The van der Waals surface area contributed by atoms with Crippen molar-refractivity contribution in [2.24, 2.45) is 5.92 Å². The highest BCUT2D eigenvalue weighted by atomic mass is 19.1. The molecule has 0 heterocycles. The summed E-state index contributed by atoms with van der Waals surface area (Å²) in [4.78, 5) is 47.8. The number of nitrogens with one attached hydrogen (secondary N) is 2. The Morgan fingerprint density at radius 1 is 1.11 bits per heavy atom. The highest BCUT2D eigenvalue weighted by Gasteiger charge is 2.26. The van der Waals surface area contributed by atoms with Crippen molar-refractivity contribution in [3.05, 3.63) is 35.6 Å². The van der Waals surface area contributed by atoms with Crippen LogP contribution in [0.3, 0.4) is 0 Å². The molecule has 8 heteroatoms. The normalized spacial score (nSPS) is 13.3. The first kappa shape index (κ1) is 22.3. The van der Waals surface area contributed by atoms with Gasteiger partial charge in [0.15, 0.2) is 11.9 Å². The van der Waals surface area contributed by atoms with Crippen molar-refractivity contribution in [3.8, 4) is 0 Å². The van der Waals surface area contributed by atoms with E-state index in [4.69, 9.17) is 4.74 Å². The van der Waals surface area contributed by atoms with Crippen LogP contribution in [0, 0.1) is 11.7 Å². The molecule has 0 aliphatic heterocycles. The molecule has 0 bridgehead atoms. The SMILES string of the molecule is C[C@H](CC(=O)c1ccccc1F)C(=O)O[C@H](C)C(=O)NC(=O)NC(C)(C)C. The van der Waals surface area contributed by atoms with Gasteiger partial charge in [-0.3, -0.25) is 19.7 Å². The standard InChI is InChI=1S/C19H25FN2O5/c1-11(10-15(23)13-8-6-7-9-14(13)20)17(25)27-12(2)16(24)21-18(26)22-19(3,4)5/h6-9,11-12H,10H2,1-5H3,(H2,21,22,24,26)/t11-,12-/m1/s1. The second-order valence-corrected chi connectivity index (χ2v) is 7.28. The first-order valence-electron chi connectivity index (χ1n) is 8.52. The van der Waals surface area contributed by atoms with Gasteiger partial charge in [-0.1, -0.05) is 19.1 Å². The van der Waals surface area contributed by atoms with E-state index in [-0.39, 0.29) is 12.0 Å². The van der Waals surface area contributed by atoms with E-state index < -0.39 is 47.1 Å². The number of amides is 3. The van der Waals surface area contributed by atoms with E-state index in [1.54, 1.807) is 20.8 Å². The number of urea groups is 1. The summed E-state index contributed by atoms with van der Waals surface area (Å²) in [5.41, 5.74) is -0.645. The molecule has 0 aliphatic rings. The van der Waals surface area contributed by atoms with Crippen molar-refractivity contribution in [2.75, 3.05) is 0 Å². The fourth-order valence-corrected chi connectivity index (χ4v) is 2.09. The van der Waals surface area contributed by atoms with Gasteiger partial charge in [-0.25, -0.2) is 9.18 Å². The van der Waals surface area contributed by atoms with Gasteiger partial charge in [0, 0.05) is 12.0 Å². The molecular formula is C19H25FN2O5. The molecule has 0 fully saturated rings. The molecule has 0 radical (unpaired) electrons. The number of benzene rings is 1. The van der Waals surface area contributed by atoms with E-state index in [2.05, 4.69) is 10.6 Å². The summed E-state index contributed by atoms with van der Waals surface area (Å²) < 4.78 is 18.6. The lowest BCUT2D eigenvalue weighted by Gasteiger charge is -2.21. The quantitative estimate of drug-likeness (QED) is 0.583. The number of carbonyl (C=O) groups is 4. The third-order valence-corrected chi connectivity index (χ3v) is 3.46. The van der Waals surface area contributed by atoms with Gasteiger partial charge in [0.25, 0.3) is 5.91 Å². The van der Waals surface area contributed by atoms with Crippen molar-refractivity contribution in [1.82, 2.24) is 10.6 Å². The molecule has 7 nitrogen and oxygen atoms in total. The van der Waals surface area contributed by atoms with Crippen LogP contribution in [0.2, 0.25) is 0 Å². The lowest BCUT2D eigenvalue weighted by Crippen LogP contribution is -2.50. The monoisotopic (exact) mass is 380 g/mol. The molecule has 2 atom stereocenters. The van der Waals surface area contributed by atoms with E-state index >= 15 is 0 Å². The van der Waals surface area contributed by atoms with Crippen LogP contribution >= 0.6 is 0 Å². The second kappa shape index (κ2) is 9.25. The molecule has 1 rings (SSSR count). The van der Waals surface area contributed by atoms with Crippen molar-refractivity contribution in [3.63, 3.8) is 0 Å². The van der Waals surface area contributed by atoms with Gasteiger partial charge < -0.3 is 10.1 Å². The maximum atomic E-state index is 13.6. The van der Waals surface area contributed by atoms with Crippen LogP contribution in [0.15, 0.2) is 24.3 Å². The first-order valence-corrected chi connectivity index (χ1v) is 8.52. The minimum Gasteiger partial charge on any atom is -0.452 e. The zero-order chi connectivity index (χ0) is 20.8. The first-order chi connectivity index (χ1) is 12.4. The van der Waals surface area contributed by atoms with Gasteiger partial charge >= 0.3 is 12.0 Å². The Morgan fingerprint density at radius 3 is 2.26 bits per heavy atom. The van der Waals surface area contributed by atoms with Crippen LogP contribution in [0.5, 0.6) is 0 Å². The van der Waals surface area contributed by atoms with Crippen LogP contribution in [0.4, 0.5) is 9.18 Å². The highest BCUT2D eigenvalue weighted by Crippen LogP contribution is 2.15. The molecule has 2 N–H and O–H groups in total. The Kier molecular flexibility index (Phi) is 7.63. The van der Waals surface area contributed by atoms with Crippen LogP contribution in [-0.2, 0) is 14.3 Å². The summed E-state index contributed by atoms with van der Waals surface area (Å²) in [6, 6.07) is 4.76. The third-order valence-electron chi connectivity index (χ3n) is 3.46. The molecule has 148 valence electrons. The van der Waals surface area contributed by atoms with E-state index in [0.717, 1.165) is 6.07 Å². The fourth-order valence-electron chi connectivity index (χ4n) is 2.09. The zero-order valence-corrected chi connectivity index (χ0v) is 16.1. The molecular weight excluding hydrogens is 355 g/mol. The number of ketones is 1. The molecule has 1 aromatic rings.